The van der Waals surface area contributed by atoms with Gasteiger partial charge in [0.25, 0.3) is 5.91 Å². The predicted octanol–water partition coefficient (Wildman–Crippen LogP) is 2.64. The first kappa shape index (κ1) is 20.1. The van der Waals surface area contributed by atoms with Gasteiger partial charge in [0.2, 0.25) is 5.91 Å². The highest BCUT2D eigenvalue weighted by Gasteiger charge is 2.41. The molecule has 1 saturated heterocycles. The summed E-state index contributed by atoms with van der Waals surface area (Å²) in [5, 5.41) is 0.536. The second-order valence-corrected chi connectivity index (χ2v) is 7.09. The average molecular weight is 407 g/mol. The van der Waals surface area contributed by atoms with Gasteiger partial charge in [-0.2, -0.15) is 0 Å². The van der Waals surface area contributed by atoms with Crippen molar-refractivity contribution in [3.63, 3.8) is 0 Å². The SMILES string of the molecule is NC(=O)CC1(COc2ccc(F)cc2)CN(C(=O)c2ccc(Cl)cc2)CCO1. The fraction of sp³-hybridized carbons (Fsp3) is 0.300. The van der Waals surface area contributed by atoms with Crippen molar-refractivity contribution in [3.05, 3.63) is 64.9 Å². The number of hydrogen-bond donors (Lipinski definition) is 1. The highest BCUT2D eigenvalue weighted by molar-refractivity contribution is 6.30. The number of primary amides is 1. The van der Waals surface area contributed by atoms with Crippen molar-refractivity contribution in [1.29, 1.82) is 0 Å². The summed E-state index contributed by atoms with van der Waals surface area (Å²) < 4.78 is 24.6. The number of amides is 2. The third-order valence-corrected chi connectivity index (χ3v) is 4.69. The van der Waals surface area contributed by atoms with Gasteiger partial charge in [-0.1, -0.05) is 11.6 Å². The molecule has 1 aliphatic rings. The van der Waals surface area contributed by atoms with Gasteiger partial charge in [0.15, 0.2) is 0 Å². The van der Waals surface area contributed by atoms with E-state index in [1.165, 1.54) is 24.3 Å². The average Bonchev–Trinajstić information content (AvgIpc) is 2.67. The molecule has 0 bridgehead atoms. The minimum Gasteiger partial charge on any atom is -0.490 e. The summed E-state index contributed by atoms with van der Waals surface area (Å²) in [5.41, 5.74) is 4.81. The summed E-state index contributed by atoms with van der Waals surface area (Å²) in [6.45, 7) is 0.739. The highest BCUT2D eigenvalue weighted by Crippen LogP contribution is 2.25. The van der Waals surface area contributed by atoms with Crippen LogP contribution >= 0.6 is 11.6 Å². The Balaban J connectivity index is 1.75. The fourth-order valence-electron chi connectivity index (χ4n) is 3.10. The summed E-state index contributed by atoms with van der Waals surface area (Å²) >= 11 is 5.88. The van der Waals surface area contributed by atoms with Crippen molar-refractivity contribution in [2.75, 3.05) is 26.3 Å². The van der Waals surface area contributed by atoms with Crippen LogP contribution in [0, 0.1) is 5.82 Å². The molecular formula is C20H20ClFN2O4. The minimum atomic E-state index is -1.08. The number of halogens is 2. The molecule has 0 saturated carbocycles. The number of ether oxygens (including phenoxy) is 2. The maximum absolute atomic E-state index is 13.1. The molecule has 2 aromatic carbocycles. The van der Waals surface area contributed by atoms with Gasteiger partial charge < -0.3 is 20.1 Å². The van der Waals surface area contributed by atoms with Crippen LogP contribution in [-0.4, -0.2) is 48.6 Å². The molecule has 1 fully saturated rings. The Morgan fingerprint density at radius 3 is 2.50 bits per heavy atom. The molecule has 0 aromatic heterocycles. The maximum Gasteiger partial charge on any atom is 0.254 e. The van der Waals surface area contributed by atoms with E-state index in [4.69, 9.17) is 26.8 Å². The van der Waals surface area contributed by atoms with Gasteiger partial charge in [-0.05, 0) is 48.5 Å². The number of hydrogen-bond acceptors (Lipinski definition) is 4. The molecule has 1 unspecified atom stereocenters. The second-order valence-electron chi connectivity index (χ2n) is 6.65. The molecule has 8 heteroatoms. The van der Waals surface area contributed by atoms with Crippen LogP contribution in [0.1, 0.15) is 16.8 Å². The molecule has 148 valence electrons. The number of nitrogens with two attached hydrogens (primary N) is 1. The molecule has 1 heterocycles. The smallest absolute Gasteiger partial charge is 0.254 e. The molecule has 3 rings (SSSR count). The number of rotatable bonds is 6. The van der Waals surface area contributed by atoms with Gasteiger partial charge in [-0.25, -0.2) is 4.39 Å². The summed E-state index contributed by atoms with van der Waals surface area (Å²) in [7, 11) is 0. The van der Waals surface area contributed by atoms with E-state index in [2.05, 4.69) is 0 Å². The van der Waals surface area contributed by atoms with Crippen molar-refractivity contribution < 1.29 is 23.5 Å². The van der Waals surface area contributed by atoms with E-state index in [9.17, 15) is 14.0 Å². The summed E-state index contributed by atoms with van der Waals surface area (Å²) in [6.07, 6.45) is -0.113. The van der Waals surface area contributed by atoms with Crippen molar-refractivity contribution in [2.24, 2.45) is 5.73 Å². The van der Waals surface area contributed by atoms with Crippen molar-refractivity contribution in [1.82, 2.24) is 4.90 Å². The van der Waals surface area contributed by atoms with E-state index in [1.54, 1.807) is 29.2 Å². The minimum absolute atomic E-state index is 0.00797. The van der Waals surface area contributed by atoms with E-state index in [1.807, 2.05) is 0 Å². The van der Waals surface area contributed by atoms with Crippen LogP contribution in [0.4, 0.5) is 4.39 Å². The normalized spacial score (nSPS) is 19.3. The molecule has 1 aliphatic heterocycles. The van der Waals surface area contributed by atoms with Gasteiger partial charge in [0, 0.05) is 17.1 Å². The molecule has 2 amide bonds. The molecule has 28 heavy (non-hydrogen) atoms. The van der Waals surface area contributed by atoms with Gasteiger partial charge in [-0.3, -0.25) is 9.59 Å². The monoisotopic (exact) mass is 406 g/mol. The number of carbonyl (C=O) groups excluding carboxylic acids is 2. The van der Waals surface area contributed by atoms with E-state index in [0.29, 0.717) is 22.9 Å². The molecule has 6 nitrogen and oxygen atoms in total. The molecule has 2 N–H and O–H groups in total. The Kier molecular flexibility index (Phi) is 6.16. The molecule has 0 radical (unpaired) electrons. The lowest BCUT2D eigenvalue weighted by Gasteiger charge is -2.42. The highest BCUT2D eigenvalue weighted by atomic mass is 35.5. The first-order chi connectivity index (χ1) is 13.4. The lowest BCUT2D eigenvalue weighted by Crippen LogP contribution is -2.58. The molecule has 1 atom stereocenters. The Labute approximate surface area is 167 Å². The van der Waals surface area contributed by atoms with Crippen LogP contribution in [0.5, 0.6) is 5.75 Å². The molecule has 0 aliphatic carbocycles. The number of nitrogens with zero attached hydrogens (tertiary/aromatic N) is 1. The zero-order valence-corrected chi connectivity index (χ0v) is 15.8. The van der Waals surface area contributed by atoms with Crippen molar-refractivity contribution >= 4 is 23.4 Å². The van der Waals surface area contributed by atoms with Gasteiger partial charge in [-0.15, -0.1) is 0 Å². The van der Waals surface area contributed by atoms with E-state index in [-0.39, 0.29) is 37.9 Å². The molecular weight excluding hydrogens is 387 g/mol. The zero-order chi connectivity index (χ0) is 20.1. The van der Waals surface area contributed by atoms with Crippen LogP contribution < -0.4 is 10.5 Å². The molecule has 0 spiro atoms. The van der Waals surface area contributed by atoms with Gasteiger partial charge in [0.1, 0.15) is 23.8 Å². The van der Waals surface area contributed by atoms with Crippen molar-refractivity contribution in [3.8, 4) is 5.75 Å². The Bertz CT molecular complexity index is 844. The summed E-state index contributed by atoms with van der Waals surface area (Å²) in [4.78, 5) is 26.1. The second kappa shape index (κ2) is 8.58. The zero-order valence-electron chi connectivity index (χ0n) is 15.1. The summed E-state index contributed by atoms with van der Waals surface area (Å²) in [6, 6.07) is 12.1. The van der Waals surface area contributed by atoms with E-state index in [0.717, 1.165) is 0 Å². The third kappa shape index (κ3) is 4.99. The fourth-order valence-corrected chi connectivity index (χ4v) is 3.23. The first-order valence-electron chi connectivity index (χ1n) is 8.72. The molecule has 2 aromatic rings. The Hall–Kier alpha value is -2.64. The largest absolute Gasteiger partial charge is 0.490 e. The Morgan fingerprint density at radius 2 is 1.86 bits per heavy atom. The number of morpholine rings is 1. The van der Waals surface area contributed by atoms with Crippen LogP contribution in [0.25, 0.3) is 0 Å². The number of carbonyl (C=O) groups is 2. The van der Waals surface area contributed by atoms with Crippen LogP contribution in [0.15, 0.2) is 48.5 Å². The van der Waals surface area contributed by atoms with Crippen molar-refractivity contribution in [2.45, 2.75) is 12.0 Å². The Morgan fingerprint density at radius 1 is 1.18 bits per heavy atom. The van der Waals surface area contributed by atoms with E-state index >= 15 is 0 Å². The first-order valence-corrected chi connectivity index (χ1v) is 9.10. The lowest BCUT2D eigenvalue weighted by molar-refractivity contribution is -0.142. The number of benzene rings is 2. The summed E-state index contributed by atoms with van der Waals surface area (Å²) in [5.74, 6) is -0.720. The van der Waals surface area contributed by atoms with Crippen LogP contribution in [0.3, 0.4) is 0 Å². The van der Waals surface area contributed by atoms with Crippen LogP contribution in [0.2, 0.25) is 5.02 Å². The van der Waals surface area contributed by atoms with Gasteiger partial charge >= 0.3 is 0 Å². The van der Waals surface area contributed by atoms with Gasteiger partial charge in [0.05, 0.1) is 19.6 Å². The standard InChI is InChI=1S/C20H20ClFN2O4/c21-15-3-1-14(2-4-15)19(26)24-9-10-28-20(12-24,11-18(23)25)13-27-17-7-5-16(22)6-8-17/h1-8H,9-13H2,(H2,23,25). The third-order valence-electron chi connectivity index (χ3n) is 4.44. The lowest BCUT2D eigenvalue weighted by atomic mass is 9.97. The topological polar surface area (TPSA) is 81.9 Å². The van der Waals surface area contributed by atoms with Crippen LogP contribution in [-0.2, 0) is 9.53 Å². The van der Waals surface area contributed by atoms with E-state index < -0.39 is 11.5 Å². The maximum atomic E-state index is 13.1. The quantitative estimate of drug-likeness (QED) is 0.799. The predicted molar refractivity (Wildman–Crippen MR) is 102 cm³/mol.